The van der Waals surface area contributed by atoms with Gasteiger partial charge in [-0.1, -0.05) is 0 Å². The fraction of sp³-hybridized carbons (Fsp3) is 0.471. The third-order valence-corrected chi connectivity index (χ3v) is 4.26. The van der Waals surface area contributed by atoms with Crippen LogP contribution in [0.1, 0.15) is 37.6 Å². The van der Waals surface area contributed by atoms with Gasteiger partial charge < -0.3 is 14.8 Å². The molecule has 0 aromatic carbocycles. The predicted molar refractivity (Wildman–Crippen MR) is 89.1 cm³/mol. The molecule has 0 bridgehead atoms. The minimum Gasteiger partial charge on any atom is -0.369 e. The molecule has 1 unspecified atom stereocenters. The number of anilines is 1. The first-order chi connectivity index (χ1) is 11.2. The number of carbonyl (C=O) groups excluding carboxylic acids is 1. The van der Waals surface area contributed by atoms with Gasteiger partial charge in [-0.2, -0.15) is 5.10 Å². The lowest BCUT2D eigenvalue weighted by atomic mass is 10.1. The molecule has 0 saturated carbocycles. The summed E-state index contributed by atoms with van der Waals surface area (Å²) in [6, 6.07) is 6.16. The van der Waals surface area contributed by atoms with E-state index in [2.05, 4.69) is 27.0 Å². The van der Waals surface area contributed by atoms with E-state index in [0.717, 1.165) is 36.6 Å². The zero-order chi connectivity index (χ0) is 16.2. The van der Waals surface area contributed by atoms with Crippen molar-refractivity contribution in [2.75, 3.05) is 18.4 Å². The highest BCUT2D eigenvalue weighted by atomic mass is 16.2. The number of nitrogens with zero attached hydrogens (tertiary/aromatic N) is 4. The summed E-state index contributed by atoms with van der Waals surface area (Å²) >= 11 is 0. The second-order valence-electron chi connectivity index (χ2n) is 5.98. The average Bonchev–Trinajstić information content (AvgIpc) is 3.09. The summed E-state index contributed by atoms with van der Waals surface area (Å²) in [4.78, 5) is 14.5. The van der Waals surface area contributed by atoms with Crippen molar-refractivity contribution in [3.63, 3.8) is 0 Å². The van der Waals surface area contributed by atoms with E-state index in [4.69, 9.17) is 0 Å². The van der Waals surface area contributed by atoms with Gasteiger partial charge in [0.2, 0.25) is 5.91 Å². The lowest BCUT2D eigenvalue weighted by molar-refractivity contribution is -0.132. The van der Waals surface area contributed by atoms with E-state index in [1.54, 1.807) is 0 Å². The van der Waals surface area contributed by atoms with Gasteiger partial charge in [-0.15, -0.1) is 5.10 Å². The van der Waals surface area contributed by atoms with E-state index in [1.165, 1.54) is 0 Å². The first-order valence-electron chi connectivity index (χ1n) is 8.17. The third-order valence-electron chi connectivity index (χ3n) is 4.26. The average molecular weight is 313 g/mol. The molecule has 6 nitrogen and oxygen atoms in total. The molecule has 1 aliphatic heterocycles. The molecule has 3 heterocycles. The van der Waals surface area contributed by atoms with Gasteiger partial charge >= 0.3 is 0 Å². The van der Waals surface area contributed by atoms with Crippen molar-refractivity contribution in [3.8, 4) is 0 Å². The number of hydrogen-bond acceptors (Lipinski definition) is 4. The van der Waals surface area contributed by atoms with Crippen LogP contribution in [0.4, 0.5) is 5.82 Å². The Labute approximate surface area is 136 Å². The topological polar surface area (TPSA) is 63.1 Å². The van der Waals surface area contributed by atoms with Crippen LogP contribution >= 0.6 is 0 Å². The van der Waals surface area contributed by atoms with E-state index < -0.39 is 0 Å². The SMILES string of the molecule is CCNc1cc2c(nn1)CCN(C(=O)CC(C)n1cccc1)C2. The first-order valence-corrected chi connectivity index (χ1v) is 8.17. The molecule has 0 saturated heterocycles. The van der Waals surface area contributed by atoms with E-state index in [9.17, 15) is 4.79 Å². The number of fused-ring (bicyclic) bond motifs is 1. The molecule has 23 heavy (non-hydrogen) atoms. The van der Waals surface area contributed by atoms with Crippen LogP contribution in [0.15, 0.2) is 30.6 Å². The lowest BCUT2D eigenvalue weighted by Gasteiger charge is -2.29. The van der Waals surface area contributed by atoms with Gasteiger partial charge in [0.05, 0.1) is 5.69 Å². The minimum absolute atomic E-state index is 0.173. The minimum atomic E-state index is 0.173. The summed E-state index contributed by atoms with van der Waals surface area (Å²) in [7, 11) is 0. The lowest BCUT2D eigenvalue weighted by Crippen LogP contribution is -2.37. The van der Waals surface area contributed by atoms with Crippen molar-refractivity contribution >= 4 is 11.7 Å². The monoisotopic (exact) mass is 313 g/mol. The quantitative estimate of drug-likeness (QED) is 0.919. The number of rotatable bonds is 5. The molecule has 1 amide bonds. The Morgan fingerprint density at radius 1 is 1.35 bits per heavy atom. The molecule has 0 radical (unpaired) electrons. The van der Waals surface area contributed by atoms with Crippen LogP contribution in [0.5, 0.6) is 0 Å². The van der Waals surface area contributed by atoms with Gasteiger partial charge in [0.25, 0.3) is 0 Å². The van der Waals surface area contributed by atoms with Crippen LogP contribution in [-0.4, -0.2) is 38.7 Å². The Hall–Kier alpha value is -2.37. The molecule has 0 fully saturated rings. The summed E-state index contributed by atoms with van der Waals surface area (Å²) in [5.41, 5.74) is 2.11. The molecule has 0 spiro atoms. The summed E-state index contributed by atoms with van der Waals surface area (Å²) < 4.78 is 2.07. The Morgan fingerprint density at radius 2 is 2.13 bits per heavy atom. The second-order valence-corrected chi connectivity index (χ2v) is 5.98. The van der Waals surface area contributed by atoms with Gasteiger partial charge in [0.1, 0.15) is 5.82 Å². The highest BCUT2D eigenvalue weighted by Gasteiger charge is 2.23. The Bertz CT molecular complexity index is 668. The summed E-state index contributed by atoms with van der Waals surface area (Å²) in [6.45, 7) is 6.26. The molecule has 122 valence electrons. The Kier molecular flexibility index (Phi) is 4.60. The Morgan fingerprint density at radius 3 is 2.87 bits per heavy atom. The standard InChI is InChI=1S/C17H23N5O/c1-3-18-16-11-14-12-22(9-6-15(14)19-20-16)17(23)10-13(2)21-7-4-5-8-21/h4-5,7-8,11,13H,3,6,9-10,12H2,1-2H3,(H,18,20). The van der Waals surface area contributed by atoms with Crippen molar-refractivity contribution in [1.29, 1.82) is 0 Å². The van der Waals surface area contributed by atoms with Crippen LogP contribution in [0.2, 0.25) is 0 Å². The maximum Gasteiger partial charge on any atom is 0.224 e. The fourth-order valence-electron chi connectivity index (χ4n) is 2.94. The molecule has 1 aliphatic rings. The van der Waals surface area contributed by atoms with Gasteiger partial charge in [-0.05, 0) is 37.6 Å². The number of aromatic nitrogens is 3. The summed E-state index contributed by atoms with van der Waals surface area (Å²) in [5.74, 6) is 0.972. The largest absolute Gasteiger partial charge is 0.369 e. The van der Waals surface area contributed by atoms with E-state index in [-0.39, 0.29) is 11.9 Å². The maximum absolute atomic E-state index is 12.6. The van der Waals surface area contributed by atoms with Gasteiger partial charge in [-0.3, -0.25) is 4.79 Å². The van der Waals surface area contributed by atoms with Crippen LogP contribution in [0.25, 0.3) is 0 Å². The fourth-order valence-corrected chi connectivity index (χ4v) is 2.94. The van der Waals surface area contributed by atoms with Gasteiger partial charge in [-0.25, -0.2) is 0 Å². The van der Waals surface area contributed by atoms with E-state index in [0.29, 0.717) is 13.0 Å². The number of carbonyl (C=O) groups is 1. The number of amides is 1. The smallest absolute Gasteiger partial charge is 0.224 e. The van der Waals surface area contributed by atoms with Crippen molar-refractivity contribution < 1.29 is 4.79 Å². The highest BCUT2D eigenvalue weighted by Crippen LogP contribution is 2.21. The molecule has 6 heteroatoms. The Balaban J connectivity index is 1.66. The molecular formula is C17H23N5O. The van der Waals surface area contributed by atoms with Crippen molar-refractivity contribution in [3.05, 3.63) is 41.9 Å². The number of hydrogen-bond donors (Lipinski definition) is 1. The zero-order valence-electron chi connectivity index (χ0n) is 13.7. The molecule has 2 aromatic heterocycles. The molecule has 1 N–H and O–H groups in total. The molecule has 1 atom stereocenters. The molecule has 0 aliphatic carbocycles. The second kappa shape index (κ2) is 6.81. The van der Waals surface area contributed by atoms with Crippen molar-refractivity contribution in [2.24, 2.45) is 0 Å². The van der Waals surface area contributed by atoms with Crippen LogP contribution in [-0.2, 0) is 17.8 Å². The van der Waals surface area contributed by atoms with E-state index >= 15 is 0 Å². The maximum atomic E-state index is 12.6. The van der Waals surface area contributed by atoms with E-state index in [1.807, 2.05) is 42.4 Å². The predicted octanol–water partition coefficient (Wildman–Crippen LogP) is 2.25. The van der Waals surface area contributed by atoms with Gasteiger partial charge in [0, 0.05) is 50.9 Å². The van der Waals surface area contributed by atoms with Crippen LogP contribution < -0.4 is 5.32 Å². The normalized spacial score (nSPS) is 15.1. The summed E-state index contributed by atoms with van der Waals surface area (Å²) in [6.07, 6.45) is 5.30. The highest BCUT2D eigenvalue weighted by molar-refractivity contribution is 5.77. The molecule has 3 rings (SSSR count). The number of nitrogens with one attached hydrogen (secondary N) is 1. The molecular weight excluding hydrogens is 290 g/mol. The molecule has 2 aromatic rings. The van der Waals surface area contributed by atoms with Crippen LogP contribution in [0.3, 0.4) is 0 Å². The van der Waals surface area contributed by atoms with Gasteiger partial charge in [0.15, 0.2) is 0 Å². The third kappa shape index (κ3) is 3.52. The first kappa shape index (κ1) is 15.5. The van der Waals surface area contributed by atoms with Crippen molar-refractivity contribution in [1.82, 2.24) is 19.7 Å². The van der Waals surface area contributed by atoms with Crippen molar-refractivity contribution in [2.45, 2.75) is 39.3 Å². The zero-order valence-corrected chi connectivity index (χ0v) is 13.7. The summed E-state index contributed by atoms with van der Waals surface area (Å²) in [5, 5.41) is 11.6. The van der Waals surface area contributed by atoms with Crippen LogP contribution in [0, 0.1) is 0 Å².